The van der Waals surface area contributed by atoms with E-state index >= 15 is 0 Å². The number of carbonyl (C=O) groups excluding carboxylic acids is 1. The molecule has 1 saturated heterocycles. The Labute approximate surface area is 100 Å². The van der Waals surface area contributed by atoms with Crippen molar-refractivity contribution in [3.63, 3.8) is 0 Å². The van der Waals surface area contributed by atoms with Gasteiger partial charge in [-0.05, 0) is 25.5 Å². The van der Waals surface area contributed by atoms with Crippen LogP contribution in [-0.4, -0.2) is 31.2 Å². The molecule has 5 nitrogen and oxygen atoms in total. The number of sulfonamides is 1. The van der Waals surface area contributed by atoms with E-state index in [1.54, 1.807) is 12.1 Å². The summed E-state index contributed by atoms with van der Waals surface area (Å²) in [5.74, 6) is -0.523. The summed E-state index contributed by atoms with van der Waals surface area (Å²) in [4.78, 5) is 11.7. The van der Waals surface area contributed by atoms with Crippen LogP contribution in [0.3, 0.4) is 0 Å². The molecule has 92 valence electrons. The molecule has 1 atom stereocenters. The van der Waals surface area contributed by atoms with Gasteiger partial charge < -0.3 is 5.73 Å². The number of amides is 1. The van der Waals surface area contributed by atoms with Crippen LogP contribution in [0.5, 0.6) is 0 Å². The highest BCUT2D eigenvalue weighted by Gasteiger charge is 2.37. The van der Waals surface area contributed by atoms with Gasteiger partial charge in [0.1, 0.15) is 0 Å². The lowest BCUT2D eigenvalue weighted by atomic mass is 10.2. The molecular formula is C11H14N2O3S. The van der Waals surface area contributed by atoms with Crippen molar-refractivity contribution in [2.45, 2.75) is 24.3 Å². The van der Waals surface area contributed by atoms with Gasteiger partial charge in [0.25, 0.3) is 15.9 Å². The molecule has 0 bridgehead atoms. The number of carbonyl (C=O) groups is 1. The lowest BCUT2D eigenvalue weighted by Gasteiger charge is -2.16. The Bertz CT molecular complexity index is 536. The molecule has 1 aliphatic rings. The lowest BCUT2D eigenvalue weighted by molar-refractivity contribution is -0.124. The summed E-state index contributed by atoms with van der Waals surface area (Å²) in [6, 6.07) is 5.71. The molecule has 1 aliphatic heterocycles. The van der Waals surface area contributed by atoms with Crippen molar-refractivity contribution >= 4 is 15.9 Å². The minimum Gasteiger partial charge on any atom is -0.320 e. The summed E-state index contributed by atoms with van der Waals surface area (Å²) in [6.45, 7) is 2.03. The lowest BCUT2D eigenvalue weighted by Crippen LogP contribution is -2.38. The topological polar surface area (TPSA) is 80.5 Å². The monoisotopic (exact) mass is 254 g/mol. The Morgan fingerprint density at radius 3 is 2.35 bits per heavy atom. The van der Waals surface area contributed by atoms with E-state index in [2.05, 4.69) is 0 Å². The first-order valence-corrected chi connectivity index (χ1v) is 6.76. The SMILES string of the molecule is Cc1ccc(S(=O)(=O)N2CCC(N)C2=O)cc1. The van der Waals surface area contributed by atoms with Crippen molar-refractivity contribution in [2.75, 3.05) is 6.54 Å². The second kappa shape index (κ2) is 4.12. The average molecular weight is 254 g/mol. The van der Waals surface area contributed by atoms with Crippen LogP contribution in [0.1, 0.15) is 12.0 Å². The Morgan fingerprint density at radius 2 is 1.88 bits per heavy atom. The quantitative estimate of drug-likeness (QED) is 0.820. The third kappa shape index (κ3) is 2.05. The molecule has 6 heteroatoms. The molecular weight excluding hydrogens is 240 g/mol. The molecule has 0 radical (unpaired) electrons. The maximum Gasteiger partial charge on any atom is 0.266 e. The highest BCUT2D eigenvalue weighted by atomic mass is 32.2. The zero-order valence-corrected chi connectivity index (χ0v) is 10.3. The van der Waals surface area contributed by atoms with Crippen molar-refractivity contribution in [2.24, 2.45) is 5.73 Å². The smallest absolute Gasteiger partial charge is 0.266 e. The van der Waals surface area contributed by atoms with Gasteiger partial charge in [0, 0.05) is 6.54 Å². The largest absolute Gasteiger partial charge is 0.320 e. The molecule has 0 aliphatic carbocycles. The standard InChI is InChI=1S/C11H14N2O3S/c1-8-2-4-9(5-3-8)17(15,16)13-7-6-10(12)11(13)14/h2-5,10H,6-7,12H2,1H3. The van der Waals surface area contributed by atoms with Gasteiger partial charge in [-0.2, -0.15) is 0 Å². The van der Waals surface area contributed by atoms with E-state index in [1.807, 2.05) is 6.92 Å². The number of benzene rings is 1. The van der Waals surface area contributed by atoms with Crippen LogP contribution in [-0.2, 0) is 14.8 Å². The van der Waals surface area contributed by atoms with E-state index in [1.165, 1.54) is 12.1 Å². The number of rotatable bonds is 2. The van der Waals surface area contributed by atoms with Crippen LogP contribution in [0, 0.1) is 6.92 Å². The summed E-state index contributed by atoms with van der Waals surface area (Å²) in [6.07, 6.45) is 0.379. The second-order valence-corrected chi connectivity index (χ2v) is 5.99. The zero-order valence-electron chi connectivity index (χ0n) is 9.46. The molecule has 1 aromatic rings. The van der Waals surface area contributed by atoms with Gasteiger partial charge in [-0.15, -0.1) is 0 Å². The molecule has 1 aromatic carbocycles. The van der Waals surface area contributed by atoms with Gasteiger partial charge >= 0.3 is 0 Å². The van der Waals surface area contributed by atoms with Crippen LogP contribution in [0.25, 0.3) is 0 Å². The molecule has 1 amide bonds. The number of hydrogen-bond acceptors (Lipinski definition) is 4. The summed E-state index contributed by atoms with van der Waals surface area (Å²) in [5, 5.41) is 0. The van der Waals surface area contributed by atoms with Gasteiger partial charge in [-0.25, -0.2) is 12.7 Å². The molecule has 2 rings (SSSR count). The summed E-state index contributed by atoms with van der Waals surface area (Å²) >= 11 is 0. The van der Waals surface area contributed by atoms with Crippen molar-refractivity contribution < 1.29 is 13.2 Å². The molecule has 1 heterocycles. The Kier molecular flexibility index (Phi) is 2.92. The van der Waals surface area contributed by atoms with Crippen molar-refractivity contribution in [3.05, 3.63) is 29.8 Å². The molecule has 17 heavy (non-hydrogen) atoms. The minimum atomic E-state index is -3.73. The normalized spacial score (nSPS) is 20.9. The van der Waals surface area contributed by atoms with Crippen LogP contribution in [0.2, 0.25) is 0 Å². The van der Waals surface area contributed by atoms with E-state index < -0.39 is 22.0 Å². The fraction of sp³-hybridized carbons (Fsp3) is 0.364. The predicted octanol–water partition coefficient (Wildman–Crippen LogP) is 0.243. The van der Waals surface area contributed by atoms with Gasteiger partial charge in [-0.1, -0.05) is 17.7 Å². The van der Waals surface area contributed by atoms with Gasteiger partial charge in [0.15, 0.2) is 0 Å². The maximum atomic E-state index is 12.2. The van der Waals surface area contributed by atoms with Crippen molar-refractivity contribution in [1.82, 2.24) is 4.31 Å². The third-order valence-electron chi connectivity index (χ3n) is 2.82. The van der Waals surface area contributed by atoms with Gasteiger partial charge in [0.2, 0.25) is 0 Å². The van der Waals surface area contributed by atoms with E-state index in [-0.39, 0.29) is 11.4 Å². The first-order valence-electron chi connectivity index (χ1n) is 5.32. The number of nitrogens with two attached hydrogens (primary N) is 1. The van der Waals surface area contributed by atoms with Crippen molar-refractivity contribution in [1.29, 1.82) is 0 Å². The average Bonchev–Trinajstić information content (AvgIpc) is 2.61. The first kappa shape index (κ1) is 12.1. The van der Waals surface area contributed by atoms with Gasteiger partial charge in [0.05, 0.1) is 10.9 Å². The highest BCUT2D eigenvalue weighted by Crippen LogP contribution is 2.21. The molecule has 0 saturated carbocycles. The fourth-order valence-electron chi connectivity index (χ4n) is 1.75. The fourth-order valence-corrected chi connectivity index (χ4v) is 3.20. The molecule has 0 spiro atoms. The Morgan fingerprint density at radius 1 is 1.29 bits per heavy atom. The summed E-state index contributed by atoms with van der Waals surface area (Å²) < 4.78 is 25.2. The number of hydrogen-bond donors (Lipinski definition) is 1. The van der Waals surface area contributed by atoms with Gasteiger partial charge in [-0.3, -0.25) is 4.79 Å². The van der Waals surface area contributed by atoms with Crippen LogP contribution in [0.4, 0.5) is 0 Å². The van der Waals surface area contributed by atoms with E-state index in [0.717, 1.165) is 9.87 Å². The van der Waals surface area contributed by atoms with Crippen LogP contribution >= 0.6 is 0 Å². The van der Waals surface area contributed by atoms with Crippen LogP contribution in [0.15, 0.2) is 29.2 Å². The zero-order chi connectivity index (χ0) is 12.6. The molecule has 2 N–H and O–H groups in total. The second-order valence-electron chi connectivity index (χ2n) is 4.12. The first-order chi connectivity index (χ1) is 7.93. The highest BCUT2D eigenvalue weighted by molar-refractivity contribution is 7.89. The van der Waals surface area contributed by atoms with E-state index in [0.29, 0.717) is 6.42 Å². The van der Waals surface area contributed by atoms with Crippen molar-refractivity contribution in [3.8, 4) is 0 Å². The van der Waals surface area contributed by atoms with E-state index in [4.69, 9.17) is 5.73 Å². The Hall–Kier alpha value is -1.40. The minimum absolute atomic E-state index is 0.130. The number of nitrogens with zero attached hydrogens (tertiary/aromatic N) is 1. The molecule has 0 aromatic heterocycles. The summed E-state index contributed by atoms with van der Waals surface area (Å²) in [5.41, 5.74) is 6.48. The summed E-state index contributed by atoms with van der Waals surface area (Å²) in [7, 11) is -3.73. The van der Waals surface area contributed by atoms with E-state index in [9.17, 15) is 13.2 Å². The Balaban J connectivity index is 2.37. The third-order valence-corrected chi connectivity index (χ3v) is 4.63. The maximum absolute atomic E-state index is 12.2. The molecule has 1 unspecified atom stereocenters. The van der Waals surface area contributed by atoms with Crippen LogP contribution < -0.4 is 5.73 Å². The molecule has 1 fully saturated rings. The predicted molar refractivity (Wildman–Crippen MR) is 62.7 cm³/mol. The number of aryl methyl sites for hydroxylation is 1.